The summed E-state index contributed by atoms with van der Waals surface area (Å²) in [5.41, 5.74) is 5.91. The Morgan fingerprint density at radius 2 is 2.11 bits per heavy atom. The summed E-state index contributed by atoms with van der Waals surface area (Å²) in [6.45, 7) is 3.58. The fourth-order valence-corrected chi connectivity index (χ4v) is 3.02. The Labute approximate surface area is 112 Å². The molecule has 0 radical (unpaired) electrons. The lowest BCUT2D eigenvalue weighted by Gasteiger charge is -2.16. The summed E-state index contributed by atoms with van der Waals surface area (Å²) >= 11 is 0. The van der Waals surface area contributed by atoms with E-state index >= 15 is 0 Å². The largest absolute Gasteiger partial charge is 0.464 e. The van der Waals surface area contributed by atoms with E-state index in [1.807, 2.05) is 6.92 Å². The molecule has 0 aromatic carbocycles. The van der Waals surface area contributed by atoms with Crippen LogP contribution in [0.2, 0.25) is 0 Å². The Kier molecular flexibility index (Phi) is 4.56. The molecule has 19 heavy (non-hydrogen) atoms. The van der Waals surface area contributed by atoms with E-state index in [0.717, 1.165) is 6.26 Å². The van der Waals surface area contributed by atoms with E-state index < -0.39 is 21.8 Å². The number of imidazole rings is 1. The Morgan fingerprint density at radius 1 is 1.53 bits per heavy atom. The monoisotopic (exact) mass is 289 g/mol. The fourth-order valence-electron chi connectivity index (χ4n) is 1.99. The van der Waals surface area contributed by atoms with Crippen LogP contribution in [0.5, 0.6) is 0 Å². The maximum absolute atomic E-state index is 11.5. The lowest BCUT2D eigenvalue weighted by atomic mass is 10.3. The minimum atomic E-state index is -3.15. The van der Waals surface area contributed by atoms with Crippen LogP contribution in [-0.2, 0) is 21.0 Å². The first-order chi connectivity index (χ1) is 8.71. The summed E-state index contributed by atoms with van der Waals surface area (Å²) in [4.78, 5) is 15.6. The number of sulfone groups is 1. The lowest BCUT2D eigenvalue weighted by Crippen LogP contribution is -2.20. The van der Waals surface area contributed by atoms with Gasteiger partial charge < -0.3 is 15.0 Å². The minimum Gasteiger partial charge on any atom is -0.464 e. The summed E-state index contributed by atoms with van der Waals surface area (Å²) in [6.07, 6.45) is 1.69. The third-order valence-electron chi connectivity index (χ3n) is 2.70. The highest BCUT2D eigenvalue weighted by molar-refractivity contribution is 7.90. The van der Waals surface area contributed by atoms with Crippen LogP contribution in [0.25, 0.3) is 0 Å². The highest BCUT2D eigenvalue weighted by atomic mass is 32.2. The van der Waals surface area contributed by atoms with Gasteiger partial charge in [-0.25, -0.2) is 18.2 Å². The first-order valence-electron chi connectivity index (χ1n) is 5.83. The van der Waals surface area contributed by atoms with Gasteiger partial charge in [-0.3, -0.25) is 0 Å². The molecule has 0 aliphatic heterocycles. The van der Waals surface area contributed by atoms with Crippen LogP contribution >= 0.6 is 0 Å². The number of ether oxygens (including phenoxy) is 1. The second-order valence-corrected chi connectivity index (χ2v) is 6.60. The Balaban J connectivity index is 3.26. The van der Waals surface area contributed by atoms with Gasteiger partial charge in [-0.2, -0.15) is 0 Å². The van der Waals surface area contributed by atoms with E-state index in [9.17, 15) is 13.2 Å². The normalized spacial score (nSPS) is 13.3. The Bertz CT molecular complexity index is 577. The number of methoxy groups -OCH3 is 1. The van der Waals surface area contributed by atoms with Crippen LogP contribution in [0.1, 0.15) is 36.2 Å². The van der Waals surface area contributed by atoms with Crippen LogP contribution in [0.4, 0.5) is 5.82 Å². The number of hydrogen-bond acceptors (Lipinski definition) is 6. The van der Waals surface area contributed by atoms with E-state index in [1.165, 1.54) is 7.11 Å². The standard InChI is InChI=1S/C11H19N3O4S/c1-5-8-13-9(11(15)18-3)10(12)14(8)7(2)6-19(4,16)17/h7H,5-6,12H2,1-4H3. The molecule has 7 nitrogen and oxygen atoms in total. The summed E-state index contributed by atoms with van der Waals surface area (Å²) in [7, 11) is -1.91. The van der Waals surface area contributed by atoms with E-state index in [0.29, 0.717) is 12.2 Å². The zero-order valence-electron chi connectivity index (χ0n) is 11.5. The SMILES string of the molecule is CCc1nc(C(=O)OC)c(N)n1C(C)CS(C)(=O)=O. The third kappa shape index (κ3) is 3.46. The summed E-state index contributed by atoms with van der Waals surface area (Å²) in [5, 5.41) is 0. The molecule has 0 amide bonds. The number of carbonyl (C=O) groups is 1. The van der Waals surface area contributed by atoms with Crippen molar-refractivity contribution in [1.29, 1.82) is 0 Å². The van der Waals surface area contributed by atoms with Crippen LogP contribution in [-0.4, -0.2) is 43.1 Å². The molecule has 1 aromatic heterocycles. The van der Waals surface area contributed by atoms with Crippen molar-refractivity contribution in [3.05, 3.63) is 11.5 Å². The number of aryl methyl sites for hydroxylation is 1. The van der Waals surface area contributed by atoms with Gasteiger partial charge >= 0.3 is 5.97 Å². The van der Waals surface area contributed by atoms with Crippen LogP contribution in [0, 0.1) is 0 Å². The maximum Gasteiger partial charge on any atom is 0.360 e. The molecule has 8 heteroatoms. The quantitative estimate of drug-likeness (QED) is 0.788. The smallest absolute Gasteiger partial charge is 0.360 e. The van der Waals surface area contributed by atoms with Gasteiger partial charge in [-0.15, -0.1) is 0 Å². The Hall–Kier alpha value is -1.57. The van der Waals surface area contributed by atoms with Crippen molar-refractivity contribution in [2.45, 2.75) is 26.3 Å². The average molecular weight is 289 g/mol. The molecule has 0 saturated heterocycles. The molecular formula is C11H19N3O4S. The molecule has 0 aliphatic rings. The molecule has 1 rings (SSSR count). The molecule has 0 saturated carbocycles. The van der Waals surface area contributed by atoms with Gasteiger partial charge in [0.15, 0.2) is 5.69 Å². The number of anilines is 1. The first-order valence-corrected chi connectivity index (χ1v) is 7.89. The molecule has 1 atom stereocenters. The van der Waals surface area contributed by atoms with E-state index in [4.69, 9.17) is 5.73 Å². The van der Waals surface area contributed by atoms with Gasteiger partial charge in [0.1, 0.15) is 21.5 Å². The number of nitrogens with zero attached hydrogens (tertiary/aromatic N) is 2. The number of carbonyl (C=O) groups excluding carboxylic acids is 1. The number of nitrogen functional groups attached to an aromatic ring is 1. The molecule has 2 N–H and O–H groups in total. The zero-order valence-corrected chi connectivity index (χ0v) is 12.3. The highest BCUT2D eigenvalue weighted by Gasteiger charge is 2.24. The molecule has 0 aliphatic carbocycles. The van der Waals surface area contributed by atoms with Crippen LogP contribution < -0.4 is 5.73 Å². The van der Waals surface area contributed by atoms with E-state index in [2.05, 4.69) is 9.72 Å². The predicted octanol–water partition coefficient (Wildman–Crippen LogP) is 0.420. The number of nitrogens with two attached hydrogens (primary N) is 1. The second-order valence-electron chi connectivity index (χ2n) is 4.42. The molecule has 0 fully saturated rings. The van der Waals surface area contributed by atoms with E-state index in [-0.39, 0.29) is 17.3 Å². The third-order valence-corrected chi connectivity index (χ3v) is 3.79. The molecular weight excluding hydrogens is 270 g/mol. The van der Waals surface area contributed by atoms with Gasteiger partial charge in [-0.1, -0.05) is 6.92 Å². The van der Waals surface area contributed by atoms with Crippen molar-refractivity contribution < 1.29 is 17.9 Å². The molecule has 0 bridgehead atoms. The number of esters is 1. The second kappa shape index (κ2) is 5.60. The number of aromatic nitrogens is 2. The van der Waals surface area contributed by atoms with Gasteiger partial charge in [0.05, 0.1) is 12.9 Å². The fraction of sp³-hybridized carbons (Fsp3) is 0.636. The van der Waals surface area contributed by atoms with Gasteiger partial charge in [-0.05, 0) is 6.92 Å². The molecule has 108 valence electrons. The van der Waals surface area contributed by atoms with Crippen LogP contribution in [0.3, 0.4) is 0 Å². The van der Waals surface area contributed by atoms with Crippen molar-refractivity contribution in [2.75, 3.05) is 24.9 Å². The maximum atomic E-state index is 11.5. The number of rotatable bonds is 5. The van der Waals surface area contributed by atoms with Crippen molar-refractivity contribution in [3.63, 3.8) is 0 Å². The van der Waals surface area contributed by atoms with Crippen LogP contribution in [0.15, 0.2) is 0 Å². The molecule has 0 spiro atoms. The average Bonchev–Trinajstić information content (AvgIpc) is 2.63. The highest BCUT2D eigenvalue weighted by Crippen LogP contribution is 2.22. The minimum absolute atomic E-state index is 0.0275. The molecule has 1 unspecified atom stereocenters. The predicted molar refractivity (Wildman–Crippen MR) is 71.8 cm³/mol. The zero-order chi connectivity index (χ0) is 14.8. The summed E-state index contributed by atoms with van der Waals surface area (Å²) < 4.78 is 28.9. The van der Waals surface area contributed by atoms with E-state index in [1.54, 1.807) is 11.5 Å². The van der Waals surface area contributed by atoms with Crippen molar-refractivity contribution in [3.8, 4) is 0 Å². The molecule has 1 aromatic rings. The summed E-state index contributed by atoms with van der Waals surface area (Å²) in [6, 6.07) is -0.393. The topological polar surface area (TPSA) is 104 Å². The summed E-state index contributed by atoms with van der Waals surface area (Å²) in [5.74, 6) is 0.00709. The van der Waals surface area contributed by atoms with Gasteiger partial charge in [0.25, 0.3) is 0 Å². The van der Waals surface area contributed by atoms with Crippen molar-refractivity contribution in [1.82, 2.24) is 9.55 Å². The number of hydrogen-bond donors (Lipinski definition) is 1. The van der Waals surface area contributed by atoms with Gasteiger partial charge in [0.2, 0.25) is 0 Å². The first kappa shape index (κ1) is 15.5. The van der Waals surface area contributed by atoms with Gasteiger partial charge in [0, 0.05) is 18.7 Å². The van der Waals surface area contributed by atoms with Crippen molar-refractivity contribution >= 4 is 21.6 Å². The lowest BCUT2D eigenvalue weighted by molar-refractivity contribution is 0.0595. The van der Waals surface area contributed by atoms with Crippen molar-refractivity contribution in [2.24, 2.45) is 0 Å². The molecule has 1 heterocycles. The Morgan fingerprint density at radius 3 is 2.53 bits per heavy atom.